The summed E-state index contributed by atoms with van der Waals surface area (Å²) in [6.45, 7) is 1.49. The minimum Gasteiger partial charge on any atom is -0.491 e. The third-order valence-electron chi connectivity index (χ3n) is 5.33. The molecule has 3 amide bonds. The minimum atomic E-state index is -0.773. The Morgan fingerprint density at radius 3 is 2.73 bits per heavy atom. The van der Waals surface area contributed by atoms with Gasteiger partial charge in [0.15, 0.2) is 0 Å². The number of aliphatic hydroxyl groups is 1. The van der Waals surface area contributed by atoms with Crippen molar-refractivity contribution in [3.8, 4) is 11.8 Å². The monoisotopic (exact) mass is 452 g/mol. The second-order valence-corrected chi connectivity index (χ2v) is 7.72. The Labute approximate surface area is 192 Å². The largest absolute Gasteiger partial charge is 0.491 e. The fourth-order valence-electron chi connectivity index (χ4n) is 3.54. The van der Waals surface area contributed by atoms with E-state index >= 15 is 0 Å². The molecular weight excluding hydrogens is 424 g/mol. The molecule has 0 aliphatic carbocycles. The van der Waals surface area contributed by atoms with Crippen LogP contribution in [0.1, 0.15) is 28.8 Å². The number of likely N-dealkylation sites (tertiary alicyclic amines) is 1. The number of carbonyl (C=O) groups is 2. The molecular formula is C24H28N4O5. The molecule has 1 aliphatic heterocycles. The van der Waals surface area contributed by atoms with Crippen LogP contribution in [0.3, 0.4) is 0 Å². The Morgan fingerprint density at radius 1 is 1.21 bits per heavy atom. The van der Waals surface area contributed by atoms with Crippen LogP contribution in [-0.4, -0.2) is 67.5 Å². The number of nitriles is 1. The number of methoxy groups -OCH3 is 1. The summed E-state index contributed by atoms with van der Waals surface area (Å²) in [5.41, 5.74) is 1.38. The summed E-state index contributed by atoms with van der Waals surface area (Å²) < 4.78 is 10.4. The topological polar surface area (TPSA) is 124 Å². The standard InChI is InChI=1S/C24H28N4O5/c1-32-12-13-33-20-9-7-18(8-10-20)23(30)27-21-16-28(11-3-6-22(21)29)24(31)26-19-5-2-4-17(14-19)15-25/h2,4-5,7-10,14,21-22,29H,3,6,11-13,16H2,1H3,(H,26,31)(H,27,30)/t21-,22+/m0/s1. The highest BCUT2D eigenvalue weighted by Gasteiger charge is 2.29. The fraction of sp³-hybridized carbons (Fsp3) is 0.375. The number of aliphatic hydroxyl groups excluding tert-OH is 1. The zero-order valence-electron chi connectivity index (χ0n) is 18.5. The molecule has 0 aromatic heterocycles. The van der Waals surface area contributed by atoms with Gasteiger partial charge >= 0.3 is 6.03 Å². The molecule has 0 spiro atoms. The maximum Gasteiger partial charge on any atom is 0.321 e. The van der Waals surface area contributed by atoms with Crippen molar-refractivity contribution in [3.05, 3.63) is 59.7 Å². The number of amides is 3. The highest BCUT2D eigenvalue weighted by Crippen LogP contribution is 2.17. The summed E-state index contributed by atoms with van der Waals surface area (Å²) in [6, 6.07) is 14.4. The van der Waals surface area contributed by atoms with Crippen LogP contribution in [0.25, 0.3) is 0 Å². The molecule has 2 aromatic carbocycles. The first-order valence-electron chi connectivity index (χ1n) is 10.8. The summed E-state index contributed by atoms with van der Waals surface area (Å²) in [6.07, 6.45) is 0.294. The second kappa shape index (κ2) is 11.9. The predicted molar refractivity (Wildman–Crippen MR) is 122 cm³/mol. The molecule has 33 heavy (non-hydrogen) atoms. The second-order valence-electron chi connectivity index (χ2n) is 7.72. The van der Waals surface area contributed by atoms with Crippen molar-refractivity contribution in [1.82, 2.24) is 10.2 Å². The van der Waals surface area contributed by atoms with Crippen molar-refractivity contribution in [2.45, 2.75) is 25.0 Å². The first kappa shape index (κ1) is 24.0. The molecule has 3 N–H and O–H groups in total. The highest BCUT2D eigenvalue weighted by molar-refractivity contribution is 5.94. The smallest absolute Gasteiger partial charge is 0.321 e. The molecule has 0 unspecified atom stereocenters. The number of nitrogens with zero attached hydrogens (tertiary/aromatic N) is 2. The Balaban J connectivity index is 1.61. The van der Waals surface area contributed by atoms with E-state index in [1.807, 2.05) is 6.07 Å². The maximum atomic E-state index is 12.8. The third kappa shape index (κ3) is 6.94. The molecule has 1 fully saturated rings. The number of carbonyl (C=O) groups excluding carboxylic acids is 2. The normalized spacial score (nSPS) is 18.0. The Morgan fingerprint density at radius 2 is 2.00 bits per heavy atom. The molecule has 9 nitrogen and oxygen atoms in total. The summed E-state index contributed by atoms with van der Waals surface area (Å²) in [4.78, 5) is 27.1. The lowest BCUT2D eigenvalue weighted by molar-refractivity contribution is 0.0811. The number of nitrogens with one attached hydrogen (secondary N) is 2. The van der Waals surface area contributed by atoms with E-state index in [1.54, 1.807) is 60.5 Å². The van der Waals surface area contributed by atoms with E-state index < -0.39 is 12.1 Å². The van der Waals surface area contributed by atoms with Crippen LogP contribution in [0, 0.1) is 11.3 Å². The van der Waals surface area contributed by atoms with Gasteiger partial charge in [-0.05, 0) is 55.3 Å². The van der Waals surface area contributed by atoms with Crippen molar-refractivity contribution >= 4 is 17.6 Å². The number of hydrogen-bond acceptors (Lipinski definition) is 6. The quantitative estimate of drug-likeness (QED) is 0.554. The number of anilines is 1. The van der Waals surface area contributed by atoms with Crippen LogP contribution < -0.4 is 15.4 Å². The van der Waals surface area contributed by atoms with Crippen molar-refractivity contribution in [2.24, 2.45) is 0 Å². The molecule has 2 atom stereocenters. The third-order valence-corrected chi connectivity index (χ3v) is 5.33. The van der Waals surface area contributed by atoms with Crippen LogP contribution in [0.5, 0.6) is 5.75 Å². The number of ether oxygens (including phenoxy) is 2. The average Bonchev–Trinajstić information content (AvgIpc) is 3.01. The van der Waals surface area contributed by atoms with Crippen LogP contribution in [0.15, 0.2) is 48.5 Å². The lowest BCUT2D eigenvalue weighted by Crippen LogP contribution is -2.50. The fourth-order valence-corrected chi connectivity index (χ4v) is 3.54. The molecule has 1 heterocycles. The Kier molecular flexibility index (Phi) is 8.63. The van der Waals surface area contributed by atoms with Gasteiger partial charge in [-0.1, -0.05) is 6.07 Å². The molecule has 174 valence electrons. The summed E-state index contributed by atoms with van der Waals surface area (Å²) in [5.74, 6) is 0.285. The van der Waals surface area contributed by atoms with Crippen LogP contribution in [-0.2, 0) is 4.74 Å². The molecule has 9 heteroatoms. The van der Waals surface area contributed by atoms with Gasteiger partial charge in [-0.2, -0.15) is 5.26 Å². The summed E-state index contributed by atoms with van der Waals surface area (Å²) in [7, 11) is 1.59. The zero-order chi connectivity index (χ0) is 23.6. The van der Waals surface area contributed by atoms with Gasteiger partial charge in [0.1, 0.15) is 12.4 Å². The molecule has 0 bridgehead atoms. The lowest BCUT2D eigenvalue weighted by atomic mass is 10.1. The van der Waals surface area contributed by atoms with E-state index in [-0.39, 0.29) is 18.5 Å². The number of urea groups is 1. The number of hydrogen-bond donors (Lipinski definition) is 3. The van der Waals surface area contributed by atoms with E-state index in [0.29, 0.717) is 55.2 Å². The average molecular weight is 453 g/mol. The highest BCUT2D eigenvalue weighted by atomic mass is 16.5. The first-order valence-corrected chi connectivity index (χ1v) is 10.8. The zero-order valence-corrected chi connectivity index (χ0v) is 18.5. The van der Waals surface area contributed by atoms with Crippen molar-refractivity contribution in [3.63, 3.8) is 0 Å². The van der Waals surface area contributed by atoms with Gasteiger partial charge in [0, 0.05) is 31.5 Å². The molecule has 3 rings (SSSR count). The van der Waals surface area contributed by atoms with E-state index in [4.69, 9.17) is 14.7 Å². The Bertz CT molecular complexity index is 989. The lowest BCUT2D eigenvalue weighted by Gasteiger charge is -2.27. The SMILES string of the molecule is COCCOc1ccc(C(=O)N[C@H]2CN(C(=O)Nc3cccc(C#N)c3)CCC[C@H]2O)cc1. The van der Waals surface area contributed by atoms with E-state index in [1.165, 1.54) is 0 Å². The van der Waals surface area contributed by atoms with Gasteiger partial charge in [0.25, 0.3) is 5.91 Å². The number of rotatable bonds is 7. The van der Waals surface area contributed by atoms with E-state index in [2.05, 4.69) is 10.6 Å². The van der Waals surface area contributed by atoms with Gasteiger partial charge in [-0.3, -0.25) is 4.79 Å². The molecule has 2 aromatic rings. The Hall–Kier alpha value is -3.61. The minimum absolute atomic E-state index is 0.162. The molecule has 0 saturated carbocycles. The summed E-state index contributed by atoms with van der Waals surface area (Å²) >= 11 is 0. The van der Waals surface area contributed by atoms with Crippen molar-refractivity contribution < 1.29 is 24.2 Å². The van der Waals surface area contributed by atoms with Gasteiger partial charge in [-0.25, -0.2) is 4.79 Å². The van der Waals surface area contributed by atoms with Gasteiger partial charge in [0.05, 0.1) is 30.4 Å². The van der Waals surface area contributed by atoms with Crippen molar-refractivity contribution in [2.75, 3.05) is 38.7 Å². The van der Waals surface area contributed by atoms with Crippen molar-refractivity contribution in [1.29, 1.82) is 5.26 Å². The summed E-state index contributed by atoms with van der Waals surface area (Å²) in [5, 5.41) is 25.2. The van der Waals surface area contributed by atoms with E-state index in [0.717, 1.165) is 0 Å². The predicted octanol–water partition coefficient (Wildman–Crippen LogP) is 2.37. The van der Waals surface area contributed by atoms with Gasteiger partial charge in [0.2, 0.25) is 0 Å². The van der Waals surface area contributed by atoms with Gasteiger partial charge < -0.3 is 30.1 Å². The molecule has 0 radical (unpaired) electrons. The van der Waals surface area contributed by atoms with Crippen LogP contribution >= 0.6 is 0 Å². The maximum absolute atomic E-state index is 12.8. The molecule has 1 saturated heterocycles. The first-order chi connectivity index (χ1) is 16.0. The van der Waals surface area contributed by atoms with Gasteiger partial charge in [-0.15, -0.1) is 0 Å². The van der Waals surface area contributed by atoms with Crippen LogP contribution in [0.2, 0.25) is 0 Å². The van der Waals surface area contributed by atoms with Crippen LogP contribution in [0.4, 0.5) is 10.5 Å². The number of benzene rings is 2. The van der Waals surface area contributed by atoms with E-state index in [9.17, 15) is 14.7 Å². The molecule has 1 aliphatic rings.